The zero-order valence-corrected chi connectivity index (χ0v) is 9.10. The molecule has 0 aliphatic carbocycles. The maximum Gasteiger partial charge on any atom is 0.242 e. The molecule has 1 amide bonds. The van der Waals surface area contributed by atoms with E-state index in [1.807, 2.05) is 6.92 Å². The number of nitrogen functional groups attached to an aromatic ring is 1. The van der Waals surface area contributed by atoms with Crippen molar-refractivity contribution in [1.29, 1.82) is 0 Å². The van der Waals surface area contributed by atoms with Crippen LogP contribution in [0.3, 0.4) is 0 Å². The van der Waals surface area contributed by atoms with E-state index in [1.54, 1.807) is 0 Å². The lowest BCUT2D eigenvalue weighted by Gasteiger charge is -2.12. The molecule has 6 heteroatoms. The third kappa shape index (κ3) is 3.97. The molecule has 3 N–H and O–H groups in total. The van der Waals surface area contributed by atoms with Gasteiger partial charge >= 0.3 is 0 Å². The summed E-state index contributed by atoms with van der Waals surface area (Å²) in [5.74, 6) is 0.116. The number of nitrogens with two attached hydrogens (primary N) is 1. The Bertz CT molecular complexity index is 322. The van der Waals surface area contributed by atoms with Crippen LogP contribution in [-0.2, 0) is 11.3 Å². The number of carbonyl (C=O) groups excluding carboxylic acids is 1. The van der Waals surface area contributed by atoms with E-state index in [0.29, 0.717) is 0 Å². The van der Waals surface area contributed by atoms with Crippen LogP contribution in [0.5, 0.6) is 0 Å². The Morgan fingerprint density at radius 1 is 1.73 bits per heavy atom. The Morgan fingerprint density at radius 2 is 2.47 bits per heavy atom. The van der Waals surface area contributed by atoms with Crippen molar-refractivity contribution >= 4 is 11.9 Å². The van der Waals surface area contributed by atoms with Crippen molar-refractivity contribution in [3.63, 3.8) is 0 Å². The summed E-state index contributed by atoms with van der Waals surface area (Å²) in [6, 6.07) is 0.198. The maximum absolute atomic E-state index is 11.5. The molecule has 0 aliphatic heterocycles. The minimum absolute atomic E-state index is 0.0687. The second kappa shape index (κ2) is 5.33. The fraction of sp³-hybridized carbons (Fsp3) is 0.667. The first kappa shape index (κ1) is 11.5. The van der Waals surface area contributed by atoms with Gasteiger partial charge in [-0.1, -0.05) is 13.3 Å². The molecule has 84 valence electrons. The van der Waals surface area contributed by atoms with E-state index >= 15 is 0 Å². The standard InChI is InChI=1S/C9H17N5O/c1-3-4-7(2)12-8(15)5-14-6-11-9(10)13-14/h6-7H,3-5H2,1-2H3,(H2,10,13)(H,12,15). The number of hydrogen-bond acceptors (Lipinski definition) is 4. The Hall–Kier alpha value is -1.59. The number of aromatic nitrogens is 3. The third-order valence-electron chi connectivity index (χ3n) is 1.99. The van der Waals surface area contributed by atoms with E-state index in [0.717, 1.165) is 12.8 Å². The lowest BCUT2D eigenvalue weighted by atomic mass is 10.2. The SMILES string of the molecule is CCCC(C)NC(=O)Cn1cnc(N)n1. The second-order valence-electron chi connectivity index (χ2n) is 3.56. The molecule has 15 heavy (non-hydrogen) atoms. The van der Waals surface area contributed by atoms with Gasteiger partial charge in [0, 0.05) is 6.04 Å². The summed E-state index contributed by atoms with van der Waals surface area (Å²) < 4.78 is 1.42. The highest BCUT2D eigenvalue weighted by molar-refractivity contribution is 5.75. The number of hydrogen-bond donors (Lipinski definition) is 2. The number of amides is 1. The van der Waals surface area contributed by atoms with Crippen molar-refractivity contribution in [2.45, 2.75) is 39.3 Å². The average molecular weight is 211 g/mol. The third-order valence-corrected chi connectivity index (χ3v) is 1.99. The molecular formula is C9H17N5O. The highest BCUT2D eigenvalue weighted by Gasteiger charge is 2.07. The topological polar surface area (TPSA) is 85.8 Å². The van der Waals surface area contributed by atoms with E-state index in [-0.39, 0.29) is 24.4 Å². The number of nitrogens with one attached hydrogen (secondary N) is 1. The quantitative estimate of drug-likeness (QED) is 0.726. The van der Waals surface area contributed by atoms with Crippen LogP contribution in [0.2, 0.25) is 0 Å². The minimum Gasteiger partial charge on any atom is -0.367 e. The monoisotopic (exact) mass is 211 g/mol. The molecule has 1 heterocycles. The van der Waals surface area contributed by atoms with Gasteiger partial charge in [-0.05, 0) is 13.3 Å². The van der Waals surface area contributed by atoms with Crippen LogP contribution in [-0.4, -0.2) is 26.7 Å². The van der Waals surface area contributed by atoms with E-state index in [4.69, 9.17) is 5.73 Å². The molecular weight excluding hydrogens is 194 g/mol. The molecule has 1 aromatic heterocycles. The van der Waals surface area contributed by atoms with E-state index in [2.05, 4.69) is 22.3 Å². The van der Waals surface area contributed by atoms with Crippen molar-refractivity contribution in [3.05, 3.63) is 6.33 Å². The first-order valence-electron chi connectivity index (χ1n) is 5.06. The summed E-state index contributed by atoms with van der Waals surface area (Å²) in [7, 11) is 0. The van der Waals surface area contributed by atoms with Gasteiger partial charge in [-0.2, -0.15) is 0 Å². The number of anilines is 1. The van der Waals surface area contributed by atoms with Crippen molar-refractivity contribution < 1.29 is 4.79 Å². The smallest absolute Gasteiger partial charge is 0.242 e. The lowest BCUT2D eigenvalue weighted by molar-refractivity contribution is -0.122. The van der Waals surface area contributed by atoms with Crippen LogP contribution in [0.1, 0.15) is 26.7 Å². The zero-order chi connectivity index (χ0) is 11.3. The summed E-state index contributed by atoms with van der Waals surface area (Å²) in [5, 5.41) is 6.70. The molecule has 0 spiro atoms. The normalized spacial score (nSPS) is 12.4. The van der Waals surface area contributed by atoms with Gasteiger partial charge in [0.05, 0.1) is 0 Å². The highest BCUT2D eigenvalue weighted by Crippen LogP contribution is 1.95. The molecule has 1 aromatic rings. The maximum atomic E-state index is 11.5. The Kier molecular flexibility index (Phi) is 4.08. The summed E-state index contributed by atoms with van der Waals surface area (Å²) in [4.78, 5) is 15.2. The van der Waals surface area contributed by atoms with Gasteiger partial charge in [-0.25, -0.2) is 9.67 Å². The predicted octanol–water partition coefficient (Wildman–Crippen LogP) is 0.165. The van der Waals surface area contributed by atoms with Crippen LogP contribution in [0, 0.1) is 0 Å². The largest absolute Gasteiger partial charge is 0.367 e. The number of nitrogens with zero attached hydrogens (tertiary/aromatic N) is 3. The molecule has 1 atom stereocenters. The fourth-order valence-electron chi connectivity index (χ4n) is 1.36. The molecule has 0 saturated carbocycles. The van der Waals surface area contributed by atoms with E-state index in [1.165, 1.54) is 11.0 Å². The van der Waals surface area contributed by atoms with E-state index in [9.17, 15) is 4.79 Å². The molecule has 0 aromatic carbocycles. The van der Waals surface area contributed by atoms with Crippen molar-refractivity contribution in [2.24, 2.45) is 0 Å². The van der Waals surface area contributed by atoms with Crippen LogP contribution in [0.4, 0.5) is 5.95 Å². The molecule has 6 nitrogen and oxygen atoms in total. The average Bonchev–Trinajstić information content (AvgIpc) is 2.51. The van der Waals surface area contributed by atoms with Crippen molar-refractivity contribution in [3.8, 4) is 0 Å². The predicted molar refractivity (Wildman–Crippen MR) is 56.9 cm³/mol. The van der Waals surface area contributed by atoms with Gasteiger partial charge in [0.2, 0.25) is 11.9 Å². The van der Waals surface area contributed by atoms with Crippen molar-refractivity contribution in [1.82, 2.24) is 20.1 Å². The first-order chi connectivity index (χ1) is 7.11. The van der Waals surface area contributed by atoms with Crippen molar-refractivity contribution in [2.75, 3.05) is 5.73 Å². The Balaban J connectivity index is 2.36. The molecule has 0 fully saturated rings. The molecule has 0 radical (unpaired) electrons. The fourth-order valence-corrected chi connectivity index (χ4v) is 1.36. The summed E-state index contributed by atoms with van der Waals surface area (Å²) in [5.41, 5.74) is 5.33. The van der Waals surface area contributed by atoms with Gasteiger partial charge in [-0.3, -0.25) is 4.79 Å². The van der Waals surface area contributed by atoms with Gasteiger partial charge in [-0.15, -0.1) is 5.10 Å². The molecule has 1 rings (SSSR count). The van der Waals surface area contributed by atoms with Gasteiger partial charge in [0.15, 0.2) is 0 Å². The highest BCUT2D eigenvalue weighted by atomic mass is 16.2. The second-order valence-corrected chi connectivity index (χ2v) is 3.56. The van der Waals surface area contributed by atoms with Crippen LogP contribution >= 0.6 is 0 Å². The molecule has 1 unspecified atom stereocenters. The number of carbonyl (C=O) groups is 1. The summed E-state index contributed by atoms with van der Waals surface area (Å²) in [6.07, 6.45) is 3.47. The lowest BCUT2D eigenvalue weighted by Crippen LogP contribution is -2.35. The summed E-state index contributed by atoms with van der Waals surface area (Å²) >= 11 is 0. The Labute approximate surface area is 88.9 Å². The first-order valence-corrected chi connectivity index (χ1v) is 5.06. The van der Waals surface area contributed by atoms with Gasteiger partial charge in [0.25, 0.3) is 0 Å². The zero-order valence-electron chi connectivity index (χ0n) is 9.10. The molecule has 0 bridgehead atoms. The van der Waals surface area contributed by atoms with Crippen LogP contribution in [0.25, 0.3) is 0 Å². The van der Waals surface area contributed by atoms with Crippen LogP contribution < -0.4 is 11.1 Å². The number of rotatable bonds is 5. The van der Waals surface area contributed by atoms with Gasteiger partial charge < -0.3 is 11.1 Å². The minimum atomic E-state index is -0.0687. The van der Waals surface area contributed by atoms with Gasteiger partial charge in [0.1, 0.15) is 12.9 Å². The van der Waals surface area contributed by atoms with Crippen LogP contribution in [0.15, 0.2) is 6.33 Å². The summed E-state index contributed by atoms with van der Waals surface area (Å²) in [6.45, 7) is 4.23. The molecule has 0 aliphatic rings. The Morgan fingerprint density at radius 3 is 3.00 bits per heavy atom. The molecule has 0 saturated heterocycles. The van der Waals surface area contributed by atoms with E-state index < -0.39 is 0 Å².